The molecule has 0 bridgehead atoms. The van der Waals surface area contributed by atoms with E-state index >= 15 is 0 Å². The van der Waals surface area contributed by atoms with Gasteiger partial charge in [0.25, 0.3) is 5.91 Å². The summed E-state index contributed by atoms with van der Waals surface area (Å²) in [4.78, 5) is 37.9. The maximum absolute atomic E-state index is 12.7. The molecule has 29 heavy (non-hydrogen) atoms. The Morgan fingerprint density at radius 3 is 2.38 bits per heavy atom. The van der Waals surface area contributed by atoms with E-state index in [0.29, 0.717) is 5.92 Å². The van der Waals surface area contributed by atoms with Crippen molar-refractivity contribution < 1.29 is 9.59 Å². The van der Waals surface area contributed by atoms with E-state index in [1.54, 1.807) is 11.9 Å². The number of carbonyl (C=O) groups excluding carboxylic acids is 2. The molecule has 1 aromatic rings. The molecule has 2 atom stereocenters. The maximum Gasteiger partial charge on any atom is 0.325 e. The number of carbonyl (C=O) groups is 2. The number of anilines is 1. The van der Waals surface area contributed by atoms with Gasteiger partial charge in [-0.3, -0.25) is 10.1 Å². The lowest BCUT2D eigenvalue weighted by atomic mass is 10.1. The molecule has 3 amide bonds. The van der Waals surface area contributed by atoms with Crippen LogP contribution in [0.3, 0.4) is 0 Å². The third kappa shape index (κ3) is 3.75. The summed E-state index contributed by atoms with van der Waals surface area (Å²) < 4.78 is 0. The average Bonchev–Trinajstić information content (AvgIpc) is 3.11. The van der Waals surface area contributed by atoms with E-state index in [9.17, 15) is 9.59 Å². The zero-order chi connectivity index (χ0) is 20.5. The first-order chi connectivity index (χ1) is 14.0. The molecule has 2 saturated heterocycles. The van der Waals surface area contributed by atoms with E-state index < -0.39 is 12.2 Å². The predicted octanol–water partition coefficient (Wildman–Crippen LogP) is 1.40. The Bertz CT molecular complexity index is 788. The van der Waals surface area contributed by atoms with Crippen molar-refractivity contribution in [2.75, 3.05) is 44.7 Å². The average molecular weight is 399 g/mol. The fraction of sp³-hybridized carbons (Fsp3) is 0.571. The van der Waals surface area contributed by atoms with E-state index in [0.717, 1.165) is 45.1 Å². The number of aliphatic imine (C=N–C) groups is 1. The van der Waals surface area contributed by atoms with Crippen LogP contribution in [-0.2, 0) is 4.79 Å². The molecule has 3 aliphatic heterocycles. The summed E-state index contributed by atoms with van der Waals surface area (Å²) >= 11 is 0. The van der Waals surface area contributed by atoms with Gasteiger partial charge >= 0.3 is 6.03 Å². The lowest BCUT2D eigenvalue weighted by molar-refractivity contribution is -0.127. The molecule has 0 aliphatic carbocycles. The van der Waals surface area contributed by atoms with E-state index in [1.165, 1.54) is 5.69 Å². The number of para-hydroxylation sites is 1. The summed E-state index contributed by atoms with van der Waals surface area (Å²) in [6.07, 6.45) is 0.516. The highest BCUT2D eigenvalue weighted by Gasteiger charge is 2.49. The SMILES string of the molecule is CC(C)CCN1C(N2CCN(c3ccccc3)CC2)=NC2C1C(=O)NC(=O)N2C. The Labute approximate surface area is 172 Å². The van der Waals surface area contributed by atoms with Crippen LogP contribution >= 0.6 is 0 Å². The number of piperazine rings is 1. The zero-order valence-corrected chi connectivity index (χ0v) is 17.4. The molecular formula is C21H30N6O2. The van der Waals surface area contributed by atoms with Crippen LogP contribution in [0.2, 0.25) is 0 Å². The molecule has 8 heteroatoms. The Balaban J connectivity index is 1.52. The Hall–Kier alpha value is -2.77. The van der Waals surface area contributed by atoms with E-state index in [4.69, 9.17) is 4.99 Å². The van der Waals surface area contributed by atoms with E-state index in [-0.39, 0.29) is 11.9 Å². The molecule has 1 N–H and O–H groups in total. The minimum absolute atomic E-state index is 0.247. The van der Waals surface area contributed by atoms with Crippen LogP contribution in [0, 0.1) is 5.92 Å². The van der Waals surface area contributed by atoms with Gasteiger partial charge in [-0.2, -0.15) is 0 Å². The lowest BCUT2D eigenvalue weighted by Crippen LogP contribution is -2.64. The number of guanidine groups is 1. The number of likely N-dealkylation sites (N-methyl/N-ethyl adjacent to an activating group) is 1. The molecule has 0 saturated carbocycles. The van der Waals surface area contributed by atoms with Crippen LogP contribution < -0.4 is 10.2 Å². The smallest absolute Gasteiger partial charge is 0.325 e. The molecular weight excluding hydrogens is 368 g/mol. The maximum atomic E-state index is 12.7. The number of nitrogens with zero attached hydrogens (tertiary/aromatic N) is 5. The van der Waals surface area contributed by atoms with Crippen LogP contribution in [0.25, 0.3) is 0 Å². The van der Waals surface area contributed by atoms with Crippen molar-refractivity contribution in [1.29, 1.82) is 0 Å². The highest BCUT2D eigenvalue weighted by molar-refractivity contribution is 6.03. The number of benzene rings is 1. The number of fused-ring (bicyclic) bond motifs is 1. The van der Waals surface area contributed by atoms with E-state index in [2.05, 4.69) is 58.1 Å². The summed E-state index contributed by atoms with van der Waals surface area (Å²) in [5.41, 5.74) is 1.23. The monoisotopic (exact) mass is 398 g/mol. The third-order valence-electron chi connectivity index (χ3n) is 5.97. The number of nitrogens with one attached hydrogen (secondary N) is 1. The summed E-state index contributed by atoms with van der Waals surface area (Å²) in [5, 5.41) is 2.48. The molecule has 3 aliphatic rings. The molecule has 0 radical (unpaired) electrons. The molecule has 2 fully saturated rings. The quantitative estimate of drug-likeness (QED) is 0.830. The molecule has 3 heterocycles. The van der Waals surface area contributed by atoms with Crippen molar-refractivity contribution in [3.05, 3.63) is 30.3 Å². The minimum Gasteiger partial charge on any atom is -0.368 e. The first-order valence-corrected chi connectivity index (χ1v) is 10.4. The predicted molar refractivity (Wildman–Crippen MR) is 113 cm³/mol. The van der Waals surface area contributed by atoms with Crippen molar-refractivity contribution in [2.45, 2.75) is 32.5 Å². The molecule has 1 aromatic carbocycles. The molecule has 4 rings (SSSR count). The zero-order valence-electron chi connectivity index (χ0n) is 17.4. The Kier molecular flexibility index (Phi) is 5.34. The van der Waals surface area contributed by atoms with Gasteiger partial charge in [-0.15, -0.1) is 0 Å². The summed E-state index contributed by atoms with van der Waals surface area (Å²) in [6, 6.07) is 9.61. The van der Waals surface area contributed by atoms with Gasteiger partial charge in [0, 0.05) is 45.5 Å². The van der Waals surface area contributed by atoms with Crippen molar-refractivity contribution in [3.8, 4) is 0 Å². The van der Waals surface area contributed by atoms with Gasteiger partial charge in [-0.05, 0) is 24.5 Å². The highest BCUT2D eigenvalue weighted by Crippen LogP contribution is 2.27. The van der Waals surface area contributed by atoms with Gasteiger partial charge in [-0.25, -0.2) is 9.79 Å². The minimum atomic E-state index is -0.453. The topological polar surface area (TPSA) is 71.5 Å². The number of imide groups is 1. The number of hydrogen-bond donors (Lipinski definition) is 1. The van der Waals surface area contributed by atoms with Crippen LogP contribution in [0.15, 0.2) is 35.3 Å². The third-order valence-corrected chi connectivity index (χ3v) is 5.97. The second kappa shape index (κ2) is 7.93. The van der Waals surface area contributed by atoms with Crippen LogP contribution in [-0.4, -0.2) is 84.6 Å². The Morgan fingerprint density at radius 2 is 1.72 bits per heavy atom. The molecule has 8 nitrogen and oxygen atoms in total. The number of rotatable bonds is 4. The van der Waals surface area contributed by atoms with Gasteiger partial charge in [0.15, 0.2) is 18.2 Å². The number of amides is 3. The lowest BCUT2D eigenvalue weighted by Gasteiger charge is -2.41. The summed E-state index contributed by atoms with van der Waals surface area (Å²) in [6.45, 7) is 8.59. The van der Waals surface area contributed by atoms with Crippen molar-refractivity contribution in [1.82, 2.24) is 20.0 Å². The summed E-state index contributed by atoms with van der Waals surface area (Å²) in [7, 11) is 1.71. The van der Waals surface area contributed by atoms with Gasteiger partial charge in [-0.1, -0.05) is 32.0 Å². The van der Waals surface area contributed by atoms with Gasteiger partial charge in [0.05, 0.1) is 0 Å². The normalized spacial score (nSPS) is 24.8. The second-order valence-corrected chi connectivity index (χ2v) is 8.38. The molecule has 0 spiro atoms. The van der Waals surface area contributed by atoms with Crippen molar-refractivity contribution >= 4 is 23.6 Å². The number of hydrogen-bond acceptors (Lipinski definition) is 6. The van der Waals surface area contributed by atoms with E-state index in [1.807, 2.05) is 6.07 Å². The summed E-state index contributed by atoms with van der Waals surface area (Å²) in [5.74, 6) is 1.13. The van der Waals surface area contributed by atoms with Gasteiger partial charge < -0.3 is 19.6 Å². The fourth-order valence-electron chi connectivity index (χ4n) is 4.21. The van der Waals surface area contributed by atoms with Crippen LogP contribution in [0.5, 0.6) is 0 Å². The van der Waals surface area contributed by atoms with Crippen LogP contribution in [0.4, 0.5) is 10.5 Å². The first kappa shape index (κ1) is 19.5. The fourth-order valence-corrected chi connectivity index (χ4v) is 4.21. The van der Waals surface area contributed by atoms with Crippen LogP contribution in [0.1, 0.15) is 20.3 Å². The molecule has 156 valence electrons. The van der Waals surface area contributed by atoms with Gasteiger partial charge in [0.1, 0.15) is 0 Å². The highest BCUT2D eigenvalue weighted by atomic mass is 16.2. The largest absolute Gasteiger partial charge is 0.368 e. The first-order valence-electron chi connectivity index (χ1n) is 10.4. The molecule has 2 unspecified atom stereocenters. The number of urea groups is 1. The van der Waals surface area contributed by atoms with Gasteiger partial charge in [0.2, 0.25) is 0 Å². The van der Waals surface area contributed by atoms with Crippen molar-refractivity contribution in [3.63, 3.8) is 0 Å². The molecule has 0 aromatic heterocycles. The second-order valence-electron chi connectivity index (χ2n) is 8.38. The standard InChI is InChI=1S/C21H30N6O2/c1-15(2)9-10-27-17-18(24(3)21(29)23-19(17)28)22-20(27)26-13-11-25(12-14-26)16-7-5-4-6-8-16/h4-8,15,17-18H,9-14H2,1-3H3,(H,23,28,29). The van der Waals surface area contributed by atoms with Crippen molar-refractivity contribution in [2.24, 2.45) is 10.9 Å². The Morgan fingerprint density at radius 1 is 1.07 bits per heavy atom.